The van der Waals surface area contributed by atoms with Gasteiger partial charge in [0.1, 0.15) is 0 Å². The zero-order chi connectivity index (χ0) is 15.0. The highest BCUT2D eigenvalue weighted by molar-refractivity contribution is 8.13. The molecule has 0 aliphatic rings. The molecule has 0 unspecified atom stereocenters. The first-order valence-electron chi connectivity index (χ1n) is 7.00. The summed E-state index contributed by atoms with van der Waals surface area (Å²) in [5, 5.41) is 1.08. The van der Waals surface area contributed by atoms with Gasteiger partial charge >= 0.3 is 0 Å². The highest BCUT2D eigenvalue weighted by Crippen LogP contribution is 2.29. The van der Waals surface area contributed by atoms with Gasteiger partial charge in [-0.2, -0.15) is 0 Å². The third-order valence-electron chi connectivity index (χ3n) is 2.92. The molecule has 112 valence electrons. The number of amides is 1. The molecule has 1 aromatic rings. The molecule has 0 spiro atoms. The van der Waals surface area contributed by atoms with Crippen LogP contribution < -0.4 is 0 Å². The quantitative estimate of drug-likeness (QED) is 0.561. The molecule has 5 heteroatoms. The highest BCUT2D eigenvalue weighted by Gasteiger charge is 2.14. The molecule has 0 aliphatic carbocycles. The number of benzene rings is 1. The van der Waals surface area contributed by atoms with Gasteiger partial charge in [0, 0.05) is 18.0 Å². The van der Waals surface area contributed by atoms with Gasteiger partial charge in [-0.3, -0.25) is 4.79 Å². The standard InChI is InChI=1S/C15H21Cl2NOS/c1-3-5-9-18(10-6-4-2)15(19)20-12-7-8-13(16)14(17)11-12/h7-8,11H,3-6,9-10H2,1-2H3. The Balaban J connectivity index is 2.65. The Kier molecular flexibility index (Phi) is 8.43. The number of halogens is 2. The molecular weight excluding hydrogens is 313 g/mol. The zero-order valence-electron chi connectivity index (χ0n) is 12.0. The monoisotopic (exact) mass is 333 g/mol. The summed E-state index contributed by atoms with van der Waals surface area (Å²) in [7, 11) is 0. The van der Waals surface area contributed by atoms with Gasteiger partial charge in [0.15, 0.2) is 0 Å². The van der Waals surface area contributed by atoms with Gasteiger partial charge in [0.2, 0.25) is 0 Å². The first-order chi connectivity index (χ1) is 9.58. The second-order valence-corrected chi connectivity index (χ2v) is 6.48. The van der Waals surface area contributed by atoms with Crippen molar-refractivity contribution in [3.8, 4) is 0 Å². The Hall–Kier alpha value is -0.380. The van der Waals surface area contributed by atoms with E-state index in [0.29, 0.717) is 10.0 Å². The molecule has 0 heterocycles. The summed E-state index contributed by atoms with van der Waals surface area (Å²) in [6.07, 6.45) is 4.26. The summed E-state index contributed by atoms with van der Waals surface area (Å²) >= 11 is 13.1. The van der Waals surface area contributed by atoms with Crippen LogP contribution >= 0.6 is 35.0 Å². The molecule has 0 fully saturated rings. The van der Waals surface area contributed by atoms with Gasteiger partial charge in [-0.15, -0.1) is 0 Å². The molecule has 1 amide bonds. The van der Waals surface area contributed by atoms with Gasteiger partial charge < -0.3 is 4.90 Å². The number of nitrogens with zero attached hydrogens (tertiary/aromatic N) is 1. The number of hydrogen-bond acceptors (Lipinski definition) is 2. The number of hydrogen-bond donors (Lipinski definition) is 0. The Morgan fingerprint density at radius 3 is 2.20 bits per heavy atom. The molecule has 0 N–H and O–H groups in total. The van der Waals surface area contributed by atoms with E-state index in [1.807, 2.05) is 11.0 Å². The molecule has 0 saturated carbocycles. The van der Waals surface area contributed by atoms with E-state index in [2.05, 4.69) is 13.8 Å². The van der Waals surface area contributed by atoms with Gasteiger partial charge in [-0.1, -0.05) is 49.9 Å². The fraction of sp³-hybridized carbons (Fsp3) is 0.533. The molecular formula is C15H21Cl2NOS. The maximum absolute atomic E-state index is 12.3. The van der Waals surface area contributed by atoms with Gasteiger partial charge in [0.05, 0.1) is 10.0 Å². The highest BCUT2D eigenvalue weighted by atomic mass is 35.5. The third kappa shape index (κ3) is 5.94. The number of carbonyl (C=O) groups excluding carboxylic acids is 1. The average molecular weight is 334 g/mol. The topological polar surface area (TPSA) is 20.3 Å². The molecule has 1 aromatic carbocycles. The SMILES string of the molecule is CCCCN(CCCC)C(=O)Sc1ccc(Cl)c(Cl)c1. The average Bonchev–Trinajstić information content (AvgIpc) is 2.43. The van der Waals surface area contributed by atoms with Crippen molar-refractivity contribution in [3.05, 3.63) is 28.2 Å². The molecule has 0 aromatic heterocycles. The molecule has 0 bridgehead atoms. The smallest absolute Gasteiger partial charge is 0.286 e. The summed E-state index contributed by atoms with van der Waals surface area (Å²) in [6.45, 7) is 5.91. The van der Waals surface area contributed by atoms with E-state index in [-0.39, 0.29) is 5.24 Å². The zero-order valence-corrected chi connectivity index (χ0v) is 14.3. The Morgan fingerprint density at radius 2 is 1.70 bits per heavy atom. The van der Waals surface area contributed by atoms with Crippen LogP contribution in [0.25, 0.3) is 0 Å². The van der Waals surface area contributed by atoms with Crippen LogP contribution in [0, 0.1) is 0 Å². The third-order valence-corrected chi connectivity index (χ3v) is 4.58. The summed E-state index contributed by atoms with van der Waals surface area (Å²) in [6, 6.07) is 5.29. The normalized spacial score (nSPS) is 10.6. The lowest BCUT2D eigenvalue weighted by Gasteiger charge is -2.21. The van der Waals surface area contributed by atoms with Crippen LogP contribution in [0.5, 0.6) is 0 Å². The fourth-order valence-corrected chi connectivity index (χ4v) is 2.89. The Morgan fingerprint density at radius 1 is 1.10 bits per heavy atom. The largest absolute Gasteiger partial charge is 0.333 e. The first kappa shape index (κ1) is 17.7. The van der Waals surface area contributed by atoms with E-state index in [1.54, 1.807) is 12.1 Å². The molecule has 20 heavy (non-hydrogen) atoms. The van der Waals surface area contributed by atoms with Gasteiger partial charge in [0.25, 0.3) is 5.24 Å². The van der Waals surface area contributed by atoms with Crippen LogP contribution in [0.2, 0.25) is 10.0 Å². The lowest BCUT2D eigenvalue weighted by atomic mass is 10.3. The number of thioether (sulfide) groups is 1. The molecule has 0 saturated heterocycles. The van der Waals surface area contributed by atoms with E-state index >= 15 is 0 Å². The van der Waals surface area contributed by atoms with Crippen LogP contribution in [-0.2, 0) is 0 Å². The second kappa shape index (κ2) is 9.54. The number of carbonyl (C=O) groups is 1. The summed E-state index contributed by atoms with van der Waals surface area (Å²) < 4.78 is 0. The Bertz CT molecular complexity index is 432. The van der Waals surface area contributed by atoms with Crippen molar-refractivity contribution >= 4 is 40.2 Å². The van der Waals surface area contributed by atoms with Crippen molar-refractivity contribution < 1.29 is 4.79 Å². The van der Waals surface area contributed by atoms with E-state index < -0.39 is 0 Å². The maximum atomic E-state index is 12.3. The van der Waals surface area contributed by atoms with Crippen LogP contribution in [0.4, 0.5) is 4.79 Å². The van der Waals surface area contributed by atoms with Crippen molar-refractivity contribution in [1.29, 1.82) is 0 Å². The van der Waals surface area contributed by atoms with E-state index in [0.717, 1.165) is 43.7 Å². The minimum atomic E-state index is 0.0882. The van der Waals surface area contributed by atoms with Crippen molar-refractivity contribution in [2.24, 2.45) is 0 Å². The number of unbranched alkanes of at least 4 members (excludes halogenated alkanes) is 2. The van der Waals surface area contributed by atoms with Crippen LogP contribution in [0.1, 0.15) is 39.5 Å². The molecule has 0 aliphatic heterocycles. The van der Waals surface area contributed by atoms with Crippen molar-refractivity contribution in [2.75, 3.05) is 13.1 Å². The number of rotatable bonds is 7. The van der Waals surface area contributed by atoms with E-state index in [1.165, 1.54) is 11.8 Å². The van der Waals surface area contributed by atoms with Crippen molar-refractivity contribution in [2.45, 2.75) is 44.4 Å². The first-order valence-corrected chi connectivity index (χ1v) is 8.57. The van der Waals surface area contributed by atoms with E-state index in [9.17, 15) is 4.79 Å². The summed E-state index contributed by atoms with van der Waals surface area (Å²) in [4.78, 5) is 15.1. The molecule has 2 nitrogen and oxygen atoms in total. The summed E-state index contributed by atoms with van der Waals surface area (Å²) in [5.74, 6) is 0. The predicted molar refractivity (Wildman–Crippen MR) is 89.1 cm³/mol. The minimum Gasteiger partial charge on any atom is -0.333 e. The minimum absolute atomic E-state index is 0.0882. The predicted octanol–water partition coefficient (Wildman–Crippen LogP) is 6.11. The van der Waals surface area contributed by atoms with Crippen LogP contribution in [0.15, 0.2) is 23.1 Å². The maximum Gasteiger partial charge on any atom is 0.286 e. The lowest BCUT2D eigenvalue weighted by Crippen LogP contribution is -2.29. The molecule has 0 atom stereocenters. The second-order valence-electron chi connectivity index (χ2n) is 4.64. The Labute approximate surface area is 135 Å². The van der Waals surface area contributed by atoms with Gasteiger partial charge in [-0.25, -0.2) is 0 Å². The van der Waals surface area contributed by atoms with E-state index in [4.69, 9.17) is 23.2 Å². The van der Waals surface area contributed by atoms with Crippen molar-refractivity contribution in [3.63, 3.8) is 0 Å². The summed E-state index contributed by atoms with van der Waals surface area (Å²) in [5.41, 5.74) is 0. The molecule has 1 rings (SSSR count). The van der Waals surface area contributed by atoms with Crippen LogP contribution in [-0.4, -0.2) is 23.2 Å². The van der Waals surface area contributed by atoms with Crippen molar-refractivity contribution in [1.82, 2.24) is 4.90 Å². The fourth-order valence-electron chi connectivity index (χ4n) is 1.70. The molecule has 0 radical (unpaired) electrons. The lowest BCUT2D eigenvalue weighted by molar-refractivity contribution is 0.221. The van der Waals surface area contributed by atoms with Gasteiger partial charge in [-0.05, 0) is 42.8 Å². The van der Waals surface area contributed by atoms with Crippen LogP contribution in [0.3, 0.4) is 0 Å².